The Morgan fingerprint density at radius 2 is 2.17 bits per heavy atom. The van der Waals surface area contributed by atoms with Gasteiger partial charge in [-0.3, -0.25) is 4.79 Å². The van der Waals surface area contributed by atoms with Gasteiger partial charge in [0, 0.05) is 19.0 Å². The fourth-order valence-electron chi connectivity index (χ4n) is 1.91. The van der Waals surface area contributed by atoms with Crippen LogP contribution in [0.1, 0.15) is 26.2 Å². The van der Waals surface area contributed by atoms with Gasteiger partial charge in [0.15, 0.2) is 0 Å². The van der Waals surface area contributed by atoms with Crippen LogP contribution in [0.4, 0.5) is 0 Å². The summed E-state index contributed by atoms with van der Waals surface area (Å²) in [6, 6.07) is 0.225. The van der Waals surface area contributed by atoms with Crippen LogP contribution in [0.5, 0.6) is 0 Å². The fraction of sp³-hybridized carbons (Fsp3) is 0.889. The van der Waals surface area contributed by atoms with E-state index in [1.807, 2.05) is 0 Å². The maximum Gasteiger partial charge on any atom is 0.223 e. The van der Waals surface area contributed by atoms with Crippen LogP contribution in [0.2, 0.25) is 0 Å². The molecule has 0 radical (unpaired) electrons. The summed E-state index contributed by atoms with van der Waals surface area (Å²) in [5, 5.41) is 2.69. The van der Waals surface area contributed by atoms with Crippen LogP contribution in [0.15, 0.2) is 0 Å². The smallest absolute Gasteiger partial charge is 0.223 e. The zero-order chi connectivity index (χ0) is 9.14. The number of carbonyl (C=O) groups excluding carboxylic acids is 1. The van der Waals surface area contributed by atoms with E-state index in [-0.39, 0.29) is 17.9 Å². The molecule has 3 nitrogen and oxygen atoms in total. The van der Waals surface area contributed by atoms with E-state index in [0.29, 0.717) is 5.92 Å². The average Bonchev–Trinajstić information content (AvgIpc) is 2.08. The minimum Gasteiger partial charge on any atom is -0.359 e. The Hall–Kier alpha value is -0.570. The van der Waals surface area contributed by atoms with E-state index in [1.165, 1.54) is 0 Å². The number of hydrogen-bond donors (Lipinski definition) is 2. The highest BCUT2D eigenvalue weighted by Gasteiger charge is 2.30. The van der Waals surface area contributed by atoms with E-state index in [9.17, 15) is 4.79 Å². The molecular weight excluding hydrogens is 152 g/mol. The van der Waals surface area contributed by atoms with Gasteiger partial charge in [0.25, 0.3) is 0 Å². The second-order valence-electron chi connectivity index (χ2n) is 3.77. The number of nitrogens with one attached hydrogen (secondary N) is 1. The van der Waals surface area contributed by atoms with Crippen molar-refractivity contribution in [1.29, 1.82) is 0 Å². The van der Waals surface area contributed by atoms with E-state index in [1.54, 1.807) is 7.05 Å². The first-order valence-electron chi connectivity index (χ1n) is 4.62. The third-order valence-electron chi connectivity index (χ3n) is 2.82. The van der Waals surface area contributed by atoms with Gasteiger partial charge in [-0.05, 0) is 25.2 Å². The van der Waals surface area contributed by atoms with Crippen LogP contribution < -0.4 is 11.1 Å². The summed E-state index contributed by atoms with van der Waals surface area (Å²) in [6.07, 6.45) is 2.99. The third-order valence-corrected chi connectivity index (χ3v) is 2.82. The number of nitrogens with two attached hydrogens (primary N) is 1. The first-order valence-corrected chi connectivity index (χ1v) is 4.62. The number of rotatable bonds is 1. The zero-order valence-corrected chi connectivity index (χ0v) is 7.84. The molecule has 0 aromatic carbocycles. The van der Waals surface area contributed by atoms with Gasteiger partial charge in [0.2, 0.25) is 5.91 Å². The largest absolute Gasteiger partial charge is 0.359 e. The Morgan fingerprint density at radius 1 is 1.50 bits per heavy atom. The summed E-state index contributed by atoms with van der Waals surface area (Å²) >= 11 is 0. The molecule has 0 heterocycles. The molecule has 0 aliphatic heterocycles. The van der Waals surface area contributed by atoms with E-state index in [2.05, 4.69) is 12.2 Å². The molecule has 0 aromatic heterocycles. The van der Waals surface area contributed by atoms with Crippen LogP contribution in [-0.2, 0) is 4.79 Å². The summed E-state index contributed by atoms with van der Waals surface area (Å²) in [6.45, 7) is 2.13. The van der Waals surface area contributed by atoms with Crippen LogP contribution in [0.3, 0.4) is 0 Å². The van der Waals surface area contributed by atoms with Gasteiger partial charge in [-0.15, -0.1) is 0 Å². The predicted octanol–water partition coefficient (Wildman–Crippen LogP) is 0.496. The fourth-order valence-corrected chi connectivity index (χ4v) is 1.91. The van der Waals surface area contributed by atoms with Crippen molar-refractivity contribution in [1.82, 2.24) is 5.32 Å². The number of hydrogen-bond acceptors (Lipinski definition) is 2. The molecule has 3 N–H and O–H groups in total. The van der Waals surface area contributed by atoms with Crippen molar-refractivity contribution >= 4 is 5.91 Å². The molecule has 3 heteroatoms. The molecule has 1 aliphatic carbocycles. The Morgan fingerprint density at radius 3 is 2.75 bits per heavy atom. The Labute approximate surface area is 73.7 Å². The van der Waals surface area contributed by atoms with Crippen molar-refractivity contribution in [3.63, 3.8) is 0 Å². The molecule has 1 aliphatic rings. The molecule has 0 spiro atoms. The maximum atomic E-state index is 11.4. The first kappa shape index (κ1) is 9.52. The van der Waals surface area contributed by atoms with Gasteiger partial charge < -0.3 is 11.1 Å². The summed E-state index contributed by atoms with van der Waals surface area (Å²) in [7, 11) is 1.69. The molecule has 1 fully saturated rings. The van der Waals surface area contributed by atoms with Gasteiger partial charge in [-0.25, -0.2) is 0 Å². The molecule has 1 saturated carbocycles. The molecule has 1 amide bonds. The number of carbonyl (C=O) groups is 1. The summed E-state index contributed by atoms with van der Waals surface area (Å²) in [5.41, 5.74) is 5.80. The van der Waals surface area contributed by atoms with Crippen molar-refractivity contribution in [2.45, 2.75) is 32.2 Å². The van der Waals surface area contributed by atoms with E-state index in [4.69, 9.17) is 5.73 Å². The predicted molar refractivity (Wildman–Crippen MR) is 48.5 cm³/mol. The lowest BCUT2D eigenvalue weighted by atomic mass is 9.78. The lowest BCUT2D eigenvalue weighted by molar-refractivity contribution is -0.127. The molecule has 70 valence electrons. The molecule has 3 atom stereocenters. The van der Waals surface area contributed by atoms with Gasteiger partial charge in [-0.1, -0.05) is 6.92 Å². The highest BCUT2D eigenvalue weighted by Crippen LogP contribution is 2.28. The van der Waals surface area contributed by atoms with Crippen molar-refractivity contribution in [3.8, 4) is 0 Å². The standard InChI is InChI=1S/C9H18N2O/c1-6-3-4-7(10)5-8(6)9(12)11-2/h6-8H,3-5,10H2,1-2H3,(H,11,12). The second-order valence-corrected chi connectivity index (χ2v) is 3.77. The van der Waals surface area contributed by atoms with Gasteiger partial charge >= 0.3 is 0 Å². The minimum absolute atomic E-state index is 0.138. The van der Waals surface area contributed by atoms with Gasteiger partial charge in [0.05, 0.1) is 0 Å². The van der Waals surface area contributed by atoms with Crippen LogP contribution >= 0.6 is 0 Å². The zero-order valence-electron chi connectivity index (χ0n) is 7.84. The van der Waals surface area contributed by atoms with Crippen molar-refractivity contribution < 1.29 is 4.79 Å². The molecule has 0 bridgehead atoms. The normalized spacial score (nSPS) is 36.1. The summed E-state index contributed by atoms with van der Waals surface area (Å²) in [4.78, 5) is 11.4. The van der Waals surface area contributed by atoms with Crippen LogP contribution in [0.25, 0.3) is 0 Å². The summed E-state index contributed by atoms with van der Waals surface area (Å²) in [5.74, 6) is 0.779. The number of amides is 1. The average molecular weight is 170 g/mol. The first-order chi connectivity index (χ1) is 5.65. The molecular formula is C9H18N2O. The lowest BCUT2D eigenvalue weighted by Crippen LogP contribution is -2.40. The molecule has 12 heavy (non-hydrogen) atoms. The monoisotopic (exact) mass is 170 g/mol. The molecule has 1 rings (SSSR count). The maximum absolute atomic E-state index is 11.4. The molecule has 3 unspecified atom stereocenters. The Balaban J connectivity index is 2.54. The van der Waals surface area contributed by atoms with Gasteiger partial charge in [0.1, 0.15) is 0 Å². The van der Waals surface area contributed by atoms with Crippen LogP contribution in [-0.4, -0.2) is 19.0 Å². The Kier molecular flexibility index (Phi) is 3.09. The highest BCUT2D eigenvalue weighted by atomic mass is 16.1. The van der Waals surface area contributed by atoms with E-state index in [0.717, 1.165) is 19.3 Å². The quantitative estimate of drug-likeness (QED) is 0.602. The highest BCUT2D eigenvalue weighted by molar-refractivity contribution is 5.78. The van der Waals surface area contributed by atoms with E-state index < -0.39 is 0 Å². The SMILES string of the molecule is CNC(=O)C1CC(N)CCC1C. The topological polar surface area (TPSA) is 55.1 Å². The van der Waals surface area contributed by atoms with Crippen LogP contribution in [0, 0.1) is 11.8 Å². The Bertz CT molecular complexity index is 170. The third kappa shape index (κ3) is 1.97. The van der Waals surface area contributed by atoms with Crippen molar-refractivity contribution in [3.05, 3.63) is 0 Å². The second kappa shape index (κ2) is 3.90. The van der Waals surface area contributed by atoms with Crippen molar-refractivity contribution in [2.75, 3.05) is 7.05 Å². The minimum atomic E-state index is 0.138. The van der Waals surface area contributed by atoms with Gasteiger partial charge in [-0.2, -0.15) is 0 Å². The molecule has 0 aromatic rings. The van der Waals surface area contributed by atoms with E-state index >= 15 is 0 Å². The molecule has 0 saturated heterocycles. The summed E-state index contributed by atoms with van der Waals surface area (Å²) < 4.78 is 0. The van der Waals surface area contributed by atoms with Crippen molar-refractivity contribution in [2.24, 2.45) is 17.6 Å². The lowest BCUT2D eigenvalue weighted by Gasteiger charge is -2.30.